The molecule has 1 fully saturated rings. The summed E-state index contributed by atoms with van der Waals surface area (Å²) in [5, 5.41) is 0. The maximum Gasteiger partial charge on any atom is 0.108 e. The molecule has 3 heteroatoms. The molecule has 108 valence electrons. The van der Waals surface area contributed by atoms with Gasteiger partial charge in [0.15, 0.2) is 0 Å². The molecule has 1 aromatic heterocycles. The number of nitrogens with two attached hydrogens (primary N) is 1. The summed E-state index contributed by atoms with van der Waals surface area (Å²) in [5.41, 5.74) is 7.39. The van der Waals surface area contributed by atoms with Crippen LogP contribution in [0.4, 0.5) is 0 Å². The number of hydrogen-bond donors (Lipinski definition) is 1. The lowest BCUT2D eigenvalue weighted by Crippen LogP contribution is -2.52. The van der Waals surface area contributed by atoms with Crippen molar-refractivity contribution in [1.29, 1.82) is 0 Å². The lowest BCUT2D eigenvalue weighted by molar-refractivity contribution is 0.0442. The van der Waals surface area contributed by atoms with E-state index in [2.05, 4.69) is 44.3 Å². The standard InChI is InChI=1S/C16H29N3/c1-14(2)10-15(3,4)12-16(17,11-14)7-6-13-18-8-9-19(13)5/h8-9H,6-7,10-12,17H2,1-5H3. The van der Waals surface area contributed by atoms with E-state index < -0.39 is 0 Å². The topological polar surface area (TPSA) is 43.8 Å². The maximum atomic E-state index is 6.74. The second-order valence-electron chi connectivity index (χ2n) is 8.18. The second kappa shape index (κ2) is 4.62. The van der Waals surface area contributed by atoms with Gasteiger partial charge in [-0.3, -0.25) is 0 Å². The largest absolute Gasteiger partial charge is 0.338 e. The normalized spacial score (nSPS) is 24.3. The minimum Gasteiger partial charge on any atom is -0.338 e. The van der Waals surface area contributed by atoms with Crippen LogP contribution in [-0.4, -0.2) is 15.1 Å². The third-order valence-corrected chi connectivity index (χ3v) is 4.39. The van der Waals surface area contributed by atoms with Crippen molar-refractivity contribution in [3.05, 3.63) is 18.2 Å². The Morgan fingerprint density at radius 1 is 1.16 bits per heavy atom. The highest BCUT2D eigenvalue weighted by Gasteiger charge is 2.44. The van der Waals surface area contributed by atoms with E-state index in [1.165, 1.54) is 6.42 Å². The fourth-order valence-corrected chi connectivity index (χ4v) is 4.56. The number of imidazole rings is 1. The van der Waals surface area contributed by atoms with Crippen LogP contribution >= 0.6 is 0 Å². The summed E-state index contributed by atoms with van der Waals surface area (Å²) in [4.78, 5) is 4.41. The fraction of sp³-hybridized carbons (Fsp3) is 0.812. The molecule has 0 aliphatic heterocycles. The van der Waals surface area contributed by atoms with E-state index in [1.54, 1.807) is 0 Å². The van der Waals surface area contributed by atoms with Gasteiger partial charge in [-0.25, -0.2) is 4.98 Å². The Balaban J connectivity index is 2.07. The Morgan fingerprint density at radius 2 is 1.74 bits per heavy atom. The zero-order valence-corrected chi connectivity index (χ0v) is 13.2. The molecule has 0 bridgehead atoms. The molecule has 2 N–H and O–H groups in total. The molecule has 1 aliphatic carbocycles. The van der Waals surface area contributed by atoms with Gasteiger partial charge in [0.1, 0.15) is 5.82 Å². The molecule has 0 spiro atoms. The quantitative estimate of drug-likeness (QED) is 0.909. The van der Waals surface area contributed by atoms with Crippen molar-refractivity contribution in [3.8, 4) is 0 Å². The second-order valence-corrected chi connectivity index (χ2v) is 8.18. The van der Waals surface area contributed by atoms with E-state index in [1.807, 2.05) is 12.4 Å². The minimum atomic E-state index is -0.0444. The smallest absolute Gasteiger partial charge is 0.108 e. The molecule has 1 aliphatic rings. The molecular weight excluding hydrogens is 234 g/mol. The van der Waals surface area contributed by atoms with Gasteiger partial charge in [0.05, 0.1) is 0 Å². The molecule has 2 rings (SSSR count). The van der Waals surface area contributed by atoms with Crippen LogP contribution in [0.2, 0.25) is 0 Å². The van der Waals surface area contributed by atoms with Gasteiger partial charge in [-0.2, -0.15) is 0 Å². The van der Waals surface area contributed by atoms with Gasteiger partial charge >= 0.3 is 0 Å². The van der Waals surface area contributed by atoms with Crippen LogP contribution in [0, 0.1) is 10.8 Å². The van der Waals surface area contributed by atoms with Crippen LogP contribution in [-0.2, 0) is 13.5 Å². The highest BCUT2D eigenvalue weighted by Crippen LogP contribution is 2.50. The Labute approximate surface area is 117 Å². The molecule has 1 aromatic rings. The molecule has 0 saturated heterocycles. The zero-order valence-electron chi connectivity index (χ0n) is 13.2. The monoisotopic (exact) mass is 263 g/mol. The Bertz CT molecular complexity index is 427. The number of rotatable bonds is 3. The van der Waals surface area contributed by atoms with Crippen molar-refractivity contribution in [1.82, 2.24) is 9.55 Å². The molecule has 0 unspecified atom stereocenters. The van der Waals surface area contributed by atoms with E-state index >= 15 is 0 Å². The van der Waals surface area contributed by atoms with Crippen LogP contribution in [0.25, 0.3) is 0 Å². The van der Waals surface area contributed by atoms with Gasteiger partial charge in [0.2, 0.25) is 0 Å². The molecule has 1 heterocycles. The third kappa shape index (κ3) is 3.59. The molecule has 0 amide bonds. The first-order chi connectivity index (χ1) is 8.61. The van der Waals surface area contributed by atoms with Crippen LogP contribution in [0.5, 0.6) is 0 Å². The summed E-state index contributed by atoms with van der Waals surface area (Å²) >= 11 is 0. The average molecular weight is 263 g/mol. The first-order valence-electron chi connectivity index (χ1n) is 7.36. The van der Waals surface area contributed by atoms with Crippen LogP contribution < -0.4 is 5.73 Å². The summed E-state index contributed by atoms with van der Waals surface area (Å²) in [5.74, 6) is 1.14. The highest BCUT2D eigenvalue weighted by atomic mass is 15.0. The molecule has 0 atom stereocenters. The summed E-state index contributed by atoms with van der Waals surface area (Å²) in [6.07, 6.45) is 9.39. The molecule has 0 aromatic carbocycles. The molecule has 1 saturated carbocycles. The van der Waals surface area contributed by atoms with Gasteiger partial charge in [0.25, 0.3) is 0 Å². The summed E-state index contributed by atoms with van der Waals surface area (Å²) in [6.45, 7) is 9.43. The lowest BCUT2D eigenvalue weighted by Gasteiger charge is -2.50. The van der Waals surface area contributed by atoms with Crippen molar-refractivity contribution in [2.75, 3.05) is 0 Å². The van der Waals surface area contributed by atoms with Gasteiger partial charge in [0, 0.05) is 31.4 Å². The first-order valence-corrected chi connectivity index (χ1v) is 7.36. The van der Waals surface area contributed by atoms with E-state index in [4.69, 9.17) is 5.73 Å². The SMILES string of the molecule is Cn1ccnc1CCC1(N)CC(C)(C)CC(C)(C)C1. The van der Waals surface area contributed by atoms with Crippen molar-refractivity contribution in [3.63, 3.8) is 0 Å². The summed E-state index contributed by atoms with van der Waals surface area (Å²) in [7, 11) is 2.06. The van der Waals surface area contributed by atoms with Gasteiger partial charge in [-0.1, -0.05) is 27.7 Å². The highest BCUT2D eigenvalue weighted by molar-refractivity contribution is 5.03. The van der Waals surface area contributed by atoms with Gasteiger partial charge in [-0.05, 0) is 36.5 Å². The zero-order chi connectivity index (χ0) is 14.3. The van der Waals surface area contributed by atoms with Gasteiger partial charge < -0.3 is 10.3 Å². The van der Waals surface area contributed by atoms with Crippen LogP contribution in [0.15, 0.2) is 12.4 Å². The maximum absolute atomic E-state index is 6.74. The minimum absolute atomic E-state index is 0.0444. The summed E-state index contributed by atoms with van der Waals surface area (Å²) in [6, 6.07) is 0. The molecule has 19 heavy (non-hydrogen) atoms. The van der Waals surface area contributed by atoms with E-state index in [0.717, 1.165) is 31.5 Å². The molecule has 3 nitrogen and oxygen atoms in total. The van der Waals surface area contributed by atoms with E-state index in [0.29, 0.717) is 10.8 Å². The van der Waals surface area contributed by atoms with Gasteiger partial charge in [-0.15, -0.1) is 0 Å². The fourth-order valence-electron chi connectivity index (χ4n) is 4.56. The Morgan fingerprint density at radius 3 is 2.21 bits per heavy atom. The Kier molecular flexibility index (Phi) is 3.54. The van der Waals surface area contributed by atoms with E-state index in [-0.39, 0.29) is 5.54 Å². The van der Waals surface area contributed by atoms with E-state index in [9.17, 15) is 0 Å². The lowest BCUT2D eigenvalue weighted by atomic mass is 9.58. The van der Waals surface area contributed by atoms with Crippen molar-refractivity contribution in [2.45, 2.75) is 65.3 Å². The average Bonchev–Trinajstić information content (AvgIpc) is 2.55. The predicted octanol–water partition coefficient (Wildman–Crippen LogP) is 3.29. The van der Waals surface area contributed by atoms with Crippen LogP contribution in [0.3, 0.4) is 0 Å². The number of aromatic nitrogens is 2. The third-order valence-electron chi connectivity index (χ3n) is 4.39. The van der Waals surface area contributed by atoms with Crippen molar-refractivity contribution in [2.24, 2.45) is 23.6 Å². The number of aryl methyl sites for hydroxylation is 2. The van der Waals surface area contributed by atoms with Crippen LogP contribution in [0.1, 0.15) is 59.2 Å². The molecular formula is C16H29N3. The van der Waals surface area contributed by atoms with Crippen molar-refractivity contribution < 1.29 is 0 Å². The predicted molar refractivity (Wildman–Crippen MR) is 79.9 cm³/mol. The van der Waals surface area contributed by atoms with Crippen molar-refractivity contribution >= 4 is 0 Å². The number of hydrogen-bond acceptors (Lipinski definition) is 2. The summed E-state index contributed by atoms with van der Waals surface area (Å²) < 4.78 is 2.10. The number of nitrogens with zero attached hydrogens (tertiary/aromatic N) is 2. The first kappa shape index (κ1) is 14.6. The Hall–Kier alpha value is -0.830. The molecule has 0 radical (unpaired) electrons.